The van der Waals surface area contributed by atoms with E-state index in [-0.39, 0.29) is 4.47 Å². The molecule has 1 atom stereocenters. The standard InChI is InChI=1S/C16H8BrF17O/c17-7-3-1-2-6(4-7)8(35)5-9(18,19)10(20,21)11(22,23)12(24,25)13(26,27)14(28,29)15(30,31)16(32,33)34/h1-4,8,35H,5H2. The van der Waals surface area contributed by atoms with E-state index in [1.807, 2.05) is 0 Å². The molecular weight excluding hydrogens is 611 g/mol. The maximum Gasteiger partial charge on any atom is 0.460 e. The zero-order valence-electron chi connectivity index (χ0n) is 15.8. The van der Waals surface area contributed by atoms with Crippen LogP contribution >= 0.6 is 15.9 Å². The molecular formula is C16H8BrF17O. The molecule has 1 unspecified atom stereocenters. The van der Waals surface area contributed by atoms with Crippen LogP contribution in [0.2, 0.25) is 0 Å². The van der Waals surface area contributed by atoms with Crippen LogP contribution in [0.3, 0.4) is 0 Å². The van der Waals surface area contributed by atoms with E-state index in [0.717, 1.165) is 18.2 Å². The number of hydrogen-bond donors (Lipinski definition) is 1. The van der Waals surface area contributed by atoms with Crippen molar-refractivity contribution in [3.05, 3.63) is 34.3 Å². The third kappa shape index (κ3) is 4.66. The van der Waals surface area contributed by atoms with Gasteiger partial charge in [-0.25, -0.2) is 0 Å². The van der Waals surface area contributed by atoms with Gasteiger partial charge in [0.1, 0.15) is 0 Å². The Morgan fingerprint density at radius 3 is 1.34 bits per heavy atom. The zero-order chi connectivity index (χ0) is 28.3. The van der Waals surface area contributed by atoms with Gasteiger partial charge in [0.25, 0.3) is 0 Å². The van der Waals surface area contributed by atoms with E-state index < -0.39 is 65.7 Å². The third-order valence-corrected chi connectivity index (χ3v) is 4.96. The van der Waals surface area contributed by atoms with Gasteiger partial charge >= 0.3 is 47.6 Å². The summed E-state index contributed by atoms with van der Waals surface area (Å²) in [5, 5.41) is 9.54. The molecule has 204 valence electrons. The fourth-order valence-electron chi connectivity index (χ4n) is 2.40. The summed E-state index contributed by atoms with van der Waals surface area (Å²) >= 11 is 2.72. The van der Waals surface area contributed by atoms with Crippen molar-refractivity contribution < 1.29 is 79.7 Å². The Morgan fingerprint density at radius 1 is 0.600 bits per heavy atom. The lowest BCUT2D eigenvalue weighted by atomic mass is 9.87. The highest BCUT2D eigenvalue weighted by atomic mass is 79.9. The quantitative estimate of drug-likeness (QED) is 0.279. The number of halogens is 18. The predicted octanol–water partition coefficient (Wildman–Crippen LogP) is 7.88. The van der Waals surface area contributed by atoms with E-state index in [9.17, 15) is 79.7 Å². The molecule has 0 aliphatic rings. The number of aliphatic hydroxyl groups is 1. The van der Waals surface area contributed by atoms with Gasteiger partial charge in [0, 0.05) is 10.9 Å². The molecule has 0 heterocycles. The summed E-state index contributed by atoms with van der Waals surface area (Å²) in [6, 6.07) is 3.56. The summed E-state index contributed by atoms with van der Waals surface area (Å²) in [6.07, 6.45) is -13.6. The summed E-state index contributed by atoms with van der Waals surface area (Å²) in [7, 11) is 0. The minimum Gasteiger partial charge on any atom is -0.388 e. The highest BCUT2D eigenvalue weighted by Gasteiger charge is 2.95. The van der Waals surface area contributed by atoms with Crippen molar-refractivity contribution >= 4 is 15.9 Å². The summed E-state index contributed by atoms with van der Waals surface area (Å²) in [4.78, 5) is 0. The van der Waals surface area contributed by atoms with Crippen LogP contribution in [-0.2, 0) is 0 Å². The van der Waals surface area contributed by atoms with Gasteiger partial charge in [-0.1, -0.05) is 28.1 Å². The van der Waals surface area contributed by atoms with Crippen LogP contribution in [0.5, 0.6) is 0 Å². The molecule has 1 N–H and O–H groups in total. The molecule has 1 nitrogen and oxygen atoms in total. The fourth-order valence-corrected chi connectivity index (χ4v) is 2.82. The maximum atomic E-state index is 13.9. The first-order valence-corrected chi connectivity index (χ1v) is 9.07. The summed E-state index contributed by atoms with van der Waals surface area (Å²) < 4.78 is 224. The van der Waals surface area contributed by atoms with Crippen LogP contribution in [0.1, 0.15) is 18.1 Å². The molecule has 0 fully saturated rings. The van der Waals surface area contributed by atoms with Crippen molar-refractivity contribution in [1.29, 1.82) is 0 Å². The Kier molecular flexibility index (Phi) is 7.91. The summed E-state index contributed by atoms with van der Waals surface area (Å²) in [5.41, 5.74) is -0.758. The van der Waals surface area contributed by atoms with Crippen LogP contribution in [0.15, 0.2) is 28.7 Å². The van der Waals surface area contributed by atoms with E-state index in [1.54, 1.807) is 0 Å². The minimum absolute atomic E-state index is 0.0338. The van der Waals surface area contributed by atoms with Crippen molar-refractivity contribution in [2.75, 3.05) is 0 Å². The molecule has 19 heteroatoms. The first-order chi connectivity index (χ1) is 15.1. The van der Waals surface area contributed by atoms with Gasteiger partial charge in [0.05, 0.1) is 6.10 Å². The van der Waals surface area contributed by atoms with Gasteiger partial charge in [-0.3, -0.25) is 0 Å². The molecule has 0 radical (unpaired) electrons. The first kappa shape index (κ1) is 31.5. The van der Waals surface area contributed by atoms with Crippen molar-refractivity contribution in [2.45, 2.75) is 60.2 Å². The maximum absolute atomic E-state index is 13.9. The Bertz CT molecular complexity index is 908. The minimum atomic E-state index is -8.68. The normalized spacial score (nSPS) is 16.4. The van der Waals surface area contributed by atoms with Crippen molar-refractivity contribution in [1.82, 2.24) is 0 Å². The molecule has 1 aromatic rings. The van der Waals surface area contributed by atoms with E-state index in [1.165, 1.54) is 0 Å². The van der Waals surface area contributed by atoms with Gasteiger partial charge in [-0.2, -0.15) is 74.6 Å². The SMILES string of the molecule is OC(CC(F)(F)C(F)(F)C(F)(F)C(F)(F)C(F)(F)C(F)(F)C(F)(F)C(F)(F)F)c1cccc(Br)c1. The Morgan fingerprint density at radius 2 is 0.971 bits per heavy atom. The molecule has 0 spiro atoms. The van der Waals surface area contributed by atoms with Gasteiger partial charge in [0.15, 0.2) is 0 Å². The lowest BCUT2D eigenvalue weighted by Crippen LogP contribution is -2.74. The van der Waals surface area contributed by atoms with Crippen LogP contribution in [0.25, 0.3) is 0 Å². The predicted molar refractivity (Wildman–Crippen MR) is 84.4 cm³/mol. The molecule has 0 aromatic heterocycles. The van der Waals surface area contributed by atoms with Crippen molar-refractivity contribution in [3.8, 4) is 0 Å². The summed E-state index contributed by atoms with van der Waals surface area (Å²) in [6.45, 7) is 0. The van der Waals surface area contributed by atoms with Gasteiger partial charge in [0.2, 0.25) is 0 Å². The second-order valence-corrected chi connectivity index (χ2v) is 7.84. The molecule has 0 aliphatic heterocycles. The Balaban J connectivity index is 3.54. The molecule has 1 aromatic carbocycles. The molecule has 0 saturated heterocycles. The number of benzene rings is 1. The van der Waals surface area contributed by atoms with Crippen LogP contribution in [0.4, 0.5) is 74.6 Å². The van der Waals surface area contributed by atoms with Crippen LogP contribution in [-0.4, -0.2) is 52.7 Å². The Labute approximate surface area is 191 Å². The average molecular weight is 619 g/mol. The second kappa shape index (κ2) is 8.79. The topological polar surface area (TPSA) is 20.2 Å². The number of aliphatic hydroxyl groups excluding tert-OH is 1. The largest absolute Gasteiger partial charge is 0.460 e. The third-order valence-electron chi connectivity index (χ3n) is 4.47. The van der Waals surface area contributed by atoms with Crippen molar-refractivity contribution in [3.63, 3.8) is 0 Å². The molecule has 0 bridgehead atoms. The number of rotatable bonds is 9. The van der Waals surface area contributed by atoms with Gasteiger partial charge in [-0.15, -0.1) is 0 Å². The Hall–Kier alpha value is -1.53. The highest BCUT2D eigenvalue weighted by molar-refractivity contribution is 9.10. The number of hydrogen-bond acceptors (Lipinski definition) is 1. The van der Waals surface area contributed by atoms with Crippen molar-refractivity contribution in [2.24, 2.45) is 0 Å². The zero-order valence-corrected chi connectivity index (χ0v) is 17.4. The van der Waals surface area contributed by atoms with Gasteiger partial charge < -0.3 is 5.11 Å². The van der Waals surface area contributed by atoms with E-state index in [4.69, 9.17) is 0 Å². The molecule has 1 rings (SSSR count). The van der Waals surface area contributed by atoms with E-state index >= 15 is 0 Å². The van der Waals surface area contributed by atoms with E-state index in [0.29, 0.717) is 6.07 Å². The molecule has 0 aliphatic carbocycles. The number of alkyl halides is 17. The molecule has 0 amide bonds. The smallest absolute Gasteiger partial charge is 0.388 e. The molecule has 35 heavy (non-hydrogen) atoms. The van der Waals surface area contributed by atoms with E-state index in [2.05, 4.69) is 15.9 Å². The fraction of sp³-hybridized carbons (Fsp3) is 0.625. The highest BCUT2D eigenvalue weighted by Crippen LogP contribution is 2.64. The average Bonchev–Trinajstić information content (AvgIpc) is 2.65. The first-order valence-electron chi connectivity index (χ1n) is 8.28. The summed E-state index contributed by atoms with van der Waals surface area (Å²) in [5.74, 6) is -56.9. The van der Waals surface area contributed by atoms with Crippen LogP contribution < -0.4 is 0 Å². The monoisotopic (exact) mass is 618 g/mol. The van der Waals surface area contributed by atoms with Gasteiger partial charge in [-0.05, 0) is 17.7 Å². The lowest BCUT2D eigenvalue weighted by molar-refractivity contribution is -0.462. The van der Waals surface area contributed by atoms with Crippen LogP contribution in [0, 0.1) is 0 Å². The molecule has 0 saturated carbocycles. The second-order valence-electron chi connectivity index (χ2n) is 6.92. The lowest BCUT2D eigenvalue weighted by Gasteiger charge is -2.43.